The molecule has 0 radical (unpaired) electrons. The van der Waals surface area contributed by atoms with Gasteiger partial charge in [0, 0.05) is 51.4 Å². The number of hydrogen-bond donors (Lipinski definition) is 0. The van der Waals surface area contributed by atoms with E-state index in [1.165, 1.54) is 0 Å². The standard InChI is InChI=1S/C33H31F12N3.ClH/c1-46(18-21-10-25(30(34,35)36)14-26(11-21)31(37,38)39)20-29(16-23-4-2-3-5-24(23)17-29)48-8-6-47(7-9-48)19-22-12-27(32(40,41)42)15-28(13-22)33(43,44)45;/h2-5,10-15H,6-9,16-20H2,1H3;1H. The Bertz CT molecular complexity index is 1520. The van der Waals surface area contributed by atoms with Crippen molar-refractivity contribution in [1.29, 1.82) is 0 Å². The van der Waals surface area contributed by atoms with Gasteiger partial charge < -0.3 is 4.90 Å². The number of hydrogen-bond acceptors (Lipinski definition) is 3. The first-order chi connectivity index (χ1) is 22.1. The van der Waals surface area contributed by atoms with Crippen LogP contribution in [-0.4, -0.2) is 60.0 Å². The van der Waals surface area contributed by atoms with Gasteiger partial charge >= 0.3 is 24.7 Å². The Balaban J connectivity index is 0.00000541. The van der Waals surface area contributed by atoms with Gasteiger partial charge in [0.25, 0.3) is 0 Å². The van der Waals surface area contributed by atoms with Crippen molar-refractivity contribution >= 4 is 12.4 Å². The van der Waals surface area contributed by atoms with Crippen LogP contribution in [0.4, 0.5) is 52.7 Å². The maximum Gasteiger partial charge on any atom is 0.416 e. The average molecular weight is 734 g/mol. The average Bonchev–Trinajstić information content (AvgIpc) is 3.34. The summed E-state index contributed by atoms with van der Waals surface area (Å²) in [7, 11) is 1.61. The Morgan fingerprint density at radius 2 is 0.980 bits per heavy atom. The van der Waals surface area contributed by atoms with Crippen molar-refractivity contribution in [2.45, 2.75) is 56.2 Å². The third-order valence-electron chi connectivity index (χ3n) is 8.92. The molecule has 1 aliphatic heterocycles. The molecular formula is C33H32ClF12N3. The molecule has 1 saturated heterocycles. The Morgan fingerprint density at radius 1 is 0.592 bits per heavy atom. The van der Waals surface area contributed by atoms with E-state index in [1.807, 2.05) is 24.3 Å². The first-order valence-electron chi connectivity index (χ1n) is 14.9. The molecule has 16 heteroatoms. The second-order valence-electron chi connectivity index (χ2n) is 12.6. The fourth-order valence-corrected chi connectivity index (χ4v) is 6.84. The van der Waals surface area contributed by atoms with E-state index in [0.717, 1.165) is 11.1 Å². The van der Waals surface area contributed by atoms with Gasteiger partial charge in [-0.05, 0) is 78.5 Å². The zero-order valence-electron chi connectivity index (χ0n) is 25.9. The lowest BCUT2D eigenvalue weighted by Gasteiger charge is -2.47. The summed E-state index contributed by atoms with van der Waals surface area (Å²) >= 11 is 0. The van der Waals surface area contributed by atoms with Crippen LogP contribution in [0.25, 0.3) is 0 Å². The summed E-state index contributed by atoms with van der Waals surface area (Å²) in [5.74, 6) is 0. The molecule has 0 amide bonds. The molecule has 0 aromatic heterocycles. The van der Waals surface area contributed by atoms with Crippen LogP contribution in [0, 0.1) is 0 Å². The fraction of sp³-hybridized carbons (Fsp3) is 0.455. The highest BCUT2D eigenvalue weighted by atomic mass is 35.5. The van der Waals surface area contributed by atoms with E-state index in [9.17, 15) is 52.7 Å². The van der Waals surface area contributed by atoms with Crippen molar-refractivity contribution < 1.29 is 52.7 Å². The predicted octanol–water partition coefficient (Wildman–Crippen LogP) is 8.97. The van der Waals surface area contributed by atoms with Gasteiger partial charge in [-0.1, -0.05) is 24.3 Å². The van der Waals surface area contributed by atoms with E-state index < -0.39 is 52.5 Å². The molecule has 5 rings (SSSR count). The fourth-order valence-electron chi connectivity index (χ4n) is 6.84. The summed E-state index contributed by atoms with van der Waals surface area (Å²) in [4.78, 5) is 5.59. The van der Waals surface area contributed by atoms with Crippen molar-refractivity contribution in [3.63, 3.8) is 0 Å². The van der Waals surface area contributed by atoms with Crippen LogP contribution in [0.5, 0.6) is 0 Å². The second-order valence-corrected chi connectivity index (χ2v) is 12.6. The van der Waals surface area contributed by atoms with Gasteiger partial charge in [0.1, 0.15) is 0 Å². The minimum atomic E-state index is -4.98. The maximum atomic E-state index is 13.5. The lowest BCUT2D eigenvalue weighted by Crippen LogP contribution is -2.61. The second kappa shape index (κ2) is 14.0. The molecule has 0 spiro atoms. The van der Waals surface area contributed by atoms with Gasteiger partial charge in [0.15, 0.2) is 0 Å². The van der Waals surface area contributed by atoms with Crippen LogP contribution in [0.3, 0.4) is 0 Å². The van der Waals surface area contributed by atoms with Gasteiger partial charge in [-0.25, -0.2) is 0 Å². The van der Waals surface area contributed by atoms with E-state index in [2.05, 4.69) is 4.90 Å². The van der Waals surface area contributed by atoms with Crippen molar-refractivity contribution in [3.05, 3.63) is 105 Å². The molecule has 0 saturated carbocycles. The third-order valence-corrected chi connectivity index (χ3v) is 8.92. The lowest BCUT2D eigenvalue weighted by molar-refractivity contribution is -0.144. The van der Waals surface area contributed by atoms with E-state index in [4.69, 9.17) is 0 Å². The van der Waals surface area contributed by atoms with Crippen molar-refractivity contribution in [3.8, 4) is 0 Å². The minimum absolute atomic E-state index is 0. The summed E-state index contributed by atoms with van der Waals surface area (Å²) in [5, 5.41) is 0. The summed E-state index contributed by atoms with van der Waals surface area (Å²) in [5.41, 5.74) is -4.41. The molecule has 0 bridgehead atoms. The zero-order valence-corrected chi connectivity index (χ0v) is 26.7. The largest absolute Gasteiger partial charge is 0.416 e. The summed E-state index contributed by atoms with van der Waals surface area (Å²) in [6, 6.07) is 10.6. The van der Waals surface area contributed by atoms with E-state index in [1.54, 1.807) is 16.8 Å². The Hall–Kier alpha value is -3.01. The molecule has 0 N–H and O–H groups in total. The van der Waals surface area contributed by atoms with E-state index in [0.29, 0.717) is 63.3 Å². The topological polar surface area (TPSA) is 9.72 Å². The smallest absolute Gasteiger partial charge is 0.300 e. The zero-order chi connectivity index (χ0) is 35.3. The van der Waals surface area contributed by atoms with Gasteiger partial charge in [0.2, 0.25) is 0 Å². The summed E-state index contributed by atoms with van der Waals surface area (Å²) in [6.45, 7) is 1.29. The SMILES string of the molecule is CN(Cc1cc(C(F)(F)F)cc(C(F)(F)F)c1)CC1(N2CCN(Cc3cc(C(F)(F)F)cc(C(F)(F)F)c3)CC2)Cc2ccccc2C1.Cl. The first kappa shape index (κ1) is 38.8. The number of halogens is 13. The Morgan fingerprint density at radius 3 is 1.37 bits per heavy atom. The number of benzene rings is 3. The molecule has 0 atom stereocenters. The van der Waals surface area contributed by atoms with Gasteiger partial charge in [-0.15, -0.1) is 12.4 Å². The molecule has 3 nitrogen and oxygen atoms in total. The van der Waals surface area contributed by atoms with Crippen LogP contribution in [0.1, 0.15) is 44.5 Å². The highest BCUT2D eigenvalue weighted by molar-refractivity contribution is 5.85. The van der Waals surface area contributed by atoms with Gasteiger partial charge in [0.05, 0.1) is 22.3 Å². The molecule has 1 heterocycles. The third kappa shape index (κ3) is 9.21. The molecule has 270 valence electrons. The Kier molecular flexibility index (Phi) is 11.0. The van der Waals surface area contributed by atoms with Crippen LogP contribution >= 0.6 is 12.4 Å². The van der Waals surface area contributed by atoms with E-state index in [-0.39, 0.29) is 55.3 Å². The van der Waals surface area contributed by atoms with Crippen LogP contribution in [0.2, 0.25) is 0 Å². The van der Waals surface area contributed by atoms with Crippen molar-refractivity contribution in [2.75, 3.05) is 39.8 Å². The monoisotopic (exact) mass is 733 g/mol. The number of fused-ring (bicyclic) bond motifs is 1. The van der Waals surface area contributed by atoms with Crippen LogP contribution < -0.4 is 0 Å². The summed E-state index contributed by atoms with van der Waals surface area (Å²) < 4.78 is 161. The number of likely N-dealkylation sites (N-methyl/N-ethyl adjacent to an activating group) is 1. The van der Waals surface area contributed by atoms with Crippen molar-refractivity contribution in [1.82, 2.24) is 14.7 Å². The van der Waals surface area contributed by atoms with Crippen LogP contribution in [0.15, 0.2) is 60.7 Å². The summed E-state index contributed by atoms with van der Waals surface area (Å²) in [6.07, 6.45) is -18.8. The first-order valence-corrected chi connectivity index (χ1v) is 14.9. The highest BCUT2D eigenvalue weighted by Crippen LogP contribution is 2.40. The van der Waals surface area contributed by atoms with E-state index >= 15 is 0 Å². The number of rotatable bonds is 7. The van der Waals surface area contributed by atoms with Gasteiger partial charge in [-0.2, -0.15) is 52.7 Å². The van der Waals surface area contributed by atoms with Gasteiger partial charge in [-0.3, -0.25) is 9.80 Å². The predicted molar refractivity (Wildman–Crippen MR) is 160 cm³/mol. The molecule has 0 unspecified atom stereocenters. The molecule has 3 aromatic rings. The van der Waals surface area contributed by atoms with Crippen molar-refractivity contribution in [2.24, 2.45) is 0 Å². The quantitative estimate of drug-likeness (QED) is 0.225. The maximum absolute atomic E-state index is 13.5. The highest BCUT2D eigenvalue weighted by Gasteiger charge is 2.44. The molecular weight excluding hydrogens is 702 g/mol. The van der Waals surface area contributed by atoms with Crippen LogP contribution in [-0.2, 0) is 50.6 Å². The molecule has 1 aliphatic carbocycles. The molecule has 1 fully saturated rings. The lowest BCUT2D eigenvalue weighted by atomic mass is 9.91. The normalized spacial score (nSPS) is 17.7. The number of piperazine rings is 1. The molecule has 3 aromatic carbocycles. The number of alkyl halides is 12. The minimum Gasteiger partial charge on any atom is -0.300 e. The Labute approximate surface area is 280 Å². The number of nitrogens with zero attached hydrogens (tertiary/aromatic N) is 3. The molecule has 49 heavy (non-hydrogen) atoms. The molecule has 2 aliphatic rings.